The quantitative estimate of drug-likeness (QED) is 0.356. The van der Waals surface area contributed by atoms with Crippen LogP contribution in [0.5, 0.6) is 0 Å². The normalized spacial score (nSPS) is 17.6. The molecule has 1 heterocycles. The van der Waals surface area contributed by atoms with Crippen LogP contribution in [0, 0.1) is 28.6 Å². The summed E-state index contributed by atoms with van der Waals surface area (Å²) in [5.41, 5.74) is 0.236. The van der Waals surface area contributed by atoms with Crippen LogP contribution in [0.4, 0.5) is 24.5 Å². The first-order valence-electron chi connectivity index (χ1n) is 11.2. The Labute approximate surface area is 224 Å². The fraction of sp³-hybridized carbons (Fsp3) is 0.143. The van der Waals surface area contributed by atoms with Crippen LogP contribution in [-0.4, -0.2) is 11.8 Å². The van der Waals surface area contributed by atoms with Crippen LogP contribution in [-0.2, 0) is 15.8 Å². The van der Waals surface area contributed by atoms with E-state index in [2.05, 4.69) is 27.3 Å². The van der Waals surface area contributed by atoms with Crippen LogP contribution >= 0.6 is 15.9 Å². The summed E-state index contributed by atoms with van der Waals surface area (Å²) in [6.07, 6.45) is -4.66. The number of rotatable bonds is 4. The summed E-state index contributed by atoms with van der Waals surface area (Å²) in [7, 11) is 0. The average Bonchev–Trinajstić information content (AvgIpc) is 2.89. The van der Waals surface area contributed by atoms with Crippen molar-refractivity contribution in [2.24, 2.45) is 5.92 Å². The van der Waals surface area contributed by atoms with E-state index in [1.165, 1.54) is 25.1 Å². The van der Waals surface area contributed by atoms with E-state index in [4.69, 9.17) is 5.26 Å². The average molecular weight is 579 g/mol. The summed E-state index contributed by atoms with van der Waals surface area (Å²) in [5, 5.41) is 22.0. The molecule has 0 aromatic heterocycles. The predicted octanol–water partition coefficient (Wildman–Crippen LogP) is 6.52. The van der Waals surface area contributed by atoms with Gasteiger partial charge >= 0.3 is 6.18 Å². The summed E-state index contributed by atoms with van der Waals surface area (Å²) < 4.78 is 41.1. The van der Waals surface area contributed by atoms with Crippen molar-refractivity contribution in [1.29, 1.82) is 10.5 Å². The predicted molar refractivity (Wildman–Crippen MR) is 137 cm³/mol. The number of allylic oxidation sites excluding steroid dienone is 2. The highest BCUT2D eigenvalue weighted by Crippen LogP contribution is 2.43. The maximum absolute atomic E-state index is 13.9. The van der Waals surface area contributed by atoms with Crippen molar-refractivity contribution in [2.75, 3.05) is 10.2 Å². The van der Waals surface area contributed by atoms with Crippen molar-refractivity contribution in [1.82, 2.24) is 0 Å². The molecule has 10 heteroatoms. The molecule has 0 bridgehead atoms. The number of hydrogen-bond acceptors (Lipinski definition) is 4. The maximum Gasteiger partial charge on any atom is 0.416 e. The molecule has 1 aliphatic heterocycles. The first-order chi connectivity index (χ1) is 18.0. The van der Waals surface area contributed by atoms with Crippen molar-refractivity contribution in [2.45, 2.75) is 19.0 Å². The molecule has 0 saturated carbocycles. The largest absolute Gasteiger partial charge is 0.416 e. The lowest BCUT2D eigenvalue weighted by Crippen LogP contribution is -2.48. The number of benzene rings is 3. The maximum atomic E-state index is 13.9. The SMILES string of the molecule is CC1=C(C#N)C(c2ccc(C#N)cc2)C(C(=O)Nc2ccc(Br)cc2)C(=O)N1c1cccc(C(F)(F)F)c1. The summed E-state index contributed by atoms with van der Waals surface area (Å²) >= 11 is 3.31. The van der Waals surface area contributed by atoms with Crippen LogP contribution in [0.2, 0.25) is 0 Å². The summed E-state index contributed by atoms with van der Waals surface area (Å²) in [4.78, 5) is 28.5. The van der Waals surface area contributed by atoms with Crippen LogP contribution in [0.1, 0.15) is 29.5 Å². The highest BCUT2D eigenvalue weighted by molar-refractivity contribution is 9.10. The number of nitrogens with one attached hydrogen (secondary N) is 1. The van der Waals surface area contributed by atoms with Crippen LogP contribution in [0.25, 0.3) is 0 Å². The molecule has 0 spiro atoms. The van der Waals surface area contributed by atoms with Crippen molar-refractivity contribution in [3.8, 4) is 12.1 Å². The Kier molecular flexibility index (Phi) is 7.38. The molecule has 1 aliphatic rings. The third kappa shape index (κ3) is 5.17. The van der Waals surface area contributed by atoms with Gasteiger partial charge in [-0.25, -0.2) is 0 Å². The van der Waals surface area contributed by atoms with E-state index in [1.807, 2.05) is 6.07 Å². The minimum atomic E-state index is -4.66. The van der Waals surface area contributed by atoms with Crippen molar-refractivity contribution in [3.63, 3.8) is 0 Å². The molecule has 190 valence electrons. The van der Waals surface area contributed by atoms with E-state index in [0.29, 0.717) is 16.8 Å². The van der Waals surface area contributed by atoms with Crippen molar-refractivity contribution < 1.29 is 22.8 Å². The second-order valence-corrected chi connectivity index (χ2v) is 9.43. The molecule has 1 N–H and O–H groups in total. The highest BCUT2D eigenvalue weighted by atomic mass is 79.9. The fourth-order valence-electron chi connectivity index (χ4n) is 4.39. The topological polar surface area (TPSA) is 97.0 Å². The molecule has 0 radical (unpaired) electrons. The Morgan fingerprint density at radius 3 is 2.24 bits per heavy atom. The zero-order valence-electron chi connectivity index (χ0n) is 19.8. The molecule has 2 unspecified atom stereocenters. The number of hydrogen-bond donors (Lipinski definition) is 1. The van der Waals surface area contributed by atoms with E-state index < -0.39 is 35.4 Å². The molecule has 0 aliphatic carbocycles. The molecule has 4 rings (SSSR count). The van der Waals surface area contributed by atoms with Gasteiger partial charge in [0.1, 0.15) is 5.92 Å². The Morgan fingerprint density at radius 1 is 1.00 bits per heavy atom. The smallest absolute Gasteiger partial charge is 0.325 e. The number of carbonyl (C=O) groups excluding carboxylic acids is 2. The van der Waals surface area contributed by atoms with Crippen molar-refractivity contribution >= 4 is 39.1 Å². The minimum absolute atomic E-state index is 0.0441. The molecule has 0 fully saturated rings. The molecule has 0 saturated heterocycles. The van der Waals surface area contributed by atoms with Gasteiger partial charge in [-0.2, -0.15) is 23.7 Å². The van der Waals surface area contributed by atoms with Gasteiger partial charge in [0.2, 0.25) is 11.8 Å². The number of halogens is 4. The Hall–Kier alpha value is -4.41. The molecule has 3 aromatic rings. The highest BCUT2D eigenvalue weighted by Gasteiger charge is 2.47. The lowest BCUT2D eigenvalue weighted by molar-refractivity contribution is -0.138. The Balaban J connectivity index is 1.88. The second-order valence-electron chi connectivity index (χ2n) is 8.52. The lowest BCUT2D eigenvalue weighted by Gasteiger charge is -2.38. The van der Waals surface area contributed by atoms with Crippen molar-refractivity contribution in [3.05, 3.63) is 105 Å². The lowest BCUT2D eigenvalue weighted by atomic mass is 9.75. The third-order valence-corrected chi connectivity index (χ3v) is 6.73. The second kappa shape index (κ2) is 10.5. The molecular weight excluding hydrogens is 561 g/mol. The van der Waals surface area contributed by atoms with Crippen LogP contribution in [0.3, 0.4) is 0 Å². The van der Waals surface area contributed by atoms with Gasteiger partial charge in [-0.05, 0) is 67.1 Å². The van der Waals surface area contributed by atoms with Gasteiger partial charge in [-0.15, -0.1) is 0 Å². The number of anilines is 2. The Morgan fingerprint density at radius 2 is 1.66 bits per heavy atom. The number of alkyl halides is 3. The molecule has 6 nitrogen and oxygen atoms in total. The van der Waals surface area contributed by atoms with E-state index >= 15 is 0 Å². The van der Waals surface area contributed by atoms with Gasteiger partial charge in [-0.1, -0.05) is 34.1 Å². The zero-order valence-corrected chi connectivity index (χ0v) is 21.3. The number of nitriles is 2. The van der Waals surface area contributed by atoms with Crippen LogP contribution < -0.4 is 10.2 Å². The first-order valence-corrected chi connectivity index (χ1v) is 12.0. The van der Waals surface area contributed by atoms with E-state index in [-0.39, 0.29) is 17.0 Å². The summed E-state index contributed by atoms with van der Waals surface area (Å²) in [6.45, 7) is 1.45. The third-order valence-electron chi connectivity index (χ3n) is 6.20. The zero-order chi connectivity index (χ0) is 27.6. The molecule has 2 atom stereocenters. The fourth-order valence-corrected chi connectivity index (χ4v) is 4.66. The van der Waals surface area contributed by atoms with Gasteiger partial charge in [0.25, 0.3) is 0 Å². The van der Waals surface area contributed by atoms with Gasteiger partial charge < -0.3 is 5.32 Å². The van der Waals surface area contributed by atoms with Gasteiger partial charge in [-0.3, -0.25) is 14.5 Å². The molecule has 2 amide bonds. The first kappa shape index (κ1) is 26.6. The van der Waals surface area contributed by atoms with Crippen LogP contribution in [0.15, 0.2) is 88.5 Å². The summed E-state index contributed by atoms with van der Waals surface area (Å²) in [6, 6.07) is 21.0. The van der Waals surface area contributed by atoms with E-state index in [1.54, 1.807) is 36.4 Å². The van der Waals surface area contributed by atoms with Gasteiger partial charge in [0, 0.05) is 27.5 Å². The minimum Gasteiger partial charge on any atom is -0.325 e. The Bertz CT molecular complexity index is 1520. The van der Waals surface area contributed by atoms with Gasteiger partial charge in [0.05, 0.1) is 28.8 Å². The standard InChI is InChI=1S/C28H18BrF3N4O2/c1-16-23(15-34)24(18-7-5-17(14-33)6-8-18)25(26(37)35-21-11-9-20(29)10-12-21)27(38)36(16)22-4-2-3-19(13-22)28(30,31)32/h2-13,24-25H,1H3,(H,35,37). The van der Waals surface area contributed by atoms with Gasteiger partial charge in [0.15, 0.2) is 0 Å². The molecule has 38 heavy (non-hydrogen) atoms. The van der Waals surface area contributed by atoms with E-state index in [9.17, 15) is 28.0 Å². The summed E-state index contributed by atoms with van der Waals surface area (Å²) in [5.74, 6) is -4.04. The number of carbonyl (C=O) groups is 2. The number of nitrogens with zero attached hydrogens (tertiary/aromatic N) is 3. The molecule has 3 aromatic carbocycles. The number of amides is 2. The molecular formula is C28H18BrF3N4O2. The monoisotopic (exact) mass is 578 g/mol. The van der Waals surface area contributed by atoms with E-state index in [0.717, 1.165) is 27.6 Å².